The van der Waals surface area contributed by atoms with Gasteiger partial charge in [-0.3, -0.25) is 4.79 Å². The van der Waals surface area contributed by atoms with Crippen LogP contribution in [0.25, 0.3) is 0 Å². The summed E-state index contributed by atoms with van der Waals surface area (Å²) in [7, 11) is 0. The number of piperidine rings is 1. The van der Waals surface area contributed by atoms with E-state index >= 15 is 0 Å². The minimum Gasteiger partial charge on any atom is -0.381 e. The van der Waals surface area contributed by atoms with Crippen molar-refractivity contribution in [2.24, 2.45) is 5.41 Å². The van der Waals surface area contributed by atoms with Gasteiger partial charge in [-0.15, -0.1) is 10.2 Å². The third-order valence-electron chi connectivity index (χ3n) is 5.95. The molecule has 0 radical (unpaired) electrons. The topological polar surface area (TPSA) is 58.6 Å². The quantitative estimate of drug-likeness (QED) is 0.825. The van der Waals surface area contributed by atoms with E-state index in [-0.39, 0.29) is 5.41 Å². The van der Waals surface area contributed by atoms with Crippen molar-refractivity contribution in [1.29, 1.82) is 0 Å². The van der Waals surface area contributed by atoms with Gasteiger partial charge in [0.05, 0.1) is 5.41 Å². The highest BCUT2D eigenvalue weighted by Crippen LogP contribution is 2.43. The van der Waals surface area contributed by atoms with Gasteiger partial charge in [0.1, 0.15) is 5.01 Å². The van der Waals surface area contributed by atoms with Crippen LogP contribution in [-0.2, 0) is 9.53 Å². The van der Waals surface area contributed by atoms with Gasteiger partial charge in [-0.25, -0.2) is 0 Å². The lowest BCUT2D eigenvalue weighted by molar-refractivity contribution is -0.149. The molecular formula is C18H28N4O2S. The molecule has 6 nitrogen and oxygen atoms in total. The van der Waals surface area contributed by atoms with Crippen LogP contribution in [0.1, 0.15) is 56.9 Å². The van der Waals surface area contributed by atoms with Crippen LogP contribution in [0, 0.1) is 5.41 Å². The fraction of sp³-hybridized carbons (Fsp3) is 0.833. The van der Waals surface area contributed by atoms with Crippen LogP contribution >= 0.6 is 11.3 Å². The van der Waals surface area contributed by atoms with Gasteiger partial charge in [0.2, 0.25) is 11.0 Å². The molecule has 4 rings (SSSR count). The normalized spacial score (nSPS) is 28.5. The van der Waals surface area contributed by atoms with Crippen molar-refractivity contribution in [3.8, 4) is 0 Å². The maximum Gasteiger partial charge on any atom is 0.230 e. The Bertz CT molecular complexity index is 628. The summed E-state index contributed by atoms with van der Waals surface area (Å²) in [4.78, 5) is 17.8. The lowest BCUT2D eigenvalue weighted by Gasteiger charge is -2.44. The molecule has 1 atom stereocenters. The fourth-order valence-corrected chi connectivity index (χ4v) is 5.32. The lowest BCUT2D eigenvalue weighted by Crippen LogP contribution is -2.54. The number of nitrogens with zero attached hydrogens (tertiary/aromatic N) is 4. The molecule has 0 bridgehead atoms. The van der Waals surface area contributed by atoms with E-state index in [0.29, 0.717) is 17.9 Å². The largest absolute Gasteiger partial charge is 0.381 e. The van der Waals surface area contributed by atoms with E-state index < -0.39 is 0 Å². The molecule has 0 aromatic carbocycles. The number of hydrogen-bond donors (Lipinski definition) is 0. The van der Waals surface area contributed by atoms with E-state index in [0.717, 1.165) is 75.1 Å². The van der Waals surface area contributed by atoms with Crippen LogP contribution in [0.2, 0.25) is 0 Å². The summed E-state index contributed by atoms with van der Waals surface area (Å²) in [6.45, 7) is 8.50. The molecule has 1 aromatic heterocycles. The van der Waals surface area contributed by atoms with Gasteiger partial charge in [0, 0.05) is 44.8 Å². The smallest absolute Gasteiger partial charge is 0.230 e. The van der Waals surface area contributed by atoms with E-state index in [2.05, 4.69) is 33.8 Å². The highest BCUT2D eigenvalue weighted by molar-refractivity contribution is 7.15. The first-order chi connectivity index (χ1) is 12.1. The molecule has 1 unspecified atom stereocenters. The van der Waals surface area contributed by atoms with E-state index in [1.54, 1.807) is 11.3 Å². The van der Waals surface area contributed by atoms with Crippen molar-refractivity contribution in [1.82, 2.24) is 15.1 Å². The van der Waals surface area contributed by atoms with Crippen LogP contribution in [0.15, 0.2) is 0 Å². The van der Waals surface area contributed by atoms with E-state index in [4.69, 9.17) is 4.74 Å². The molecule has 25 heavy (non-hydrogen) atoms. The Morgan fingerprint density at radius 1 is 1.20 bits per heavy atom. The third-order valence-corrected chi connectivity index (χ3v) is 7.23. The Morgan fingerprint density at radius 2 is 2.00 bits per heavy atom. The zero-order valence-corrected chi connectivity index (χ0v) is 16.1. The second kappa shape index (κ2) is 6.83. The molecule has 3 fully saturated rings. The number of amides is 1. The van der Waals surface area contributed by atoms with Gasteiger partial charge in [-0.2, -0.15) is 0 Å². The van der Waals surface area contributed by atoms with Crippen LogP contribution < -0.4 is 4.90 Å². The van der Waals surface area contributed by atoms with Gasteiger partial charge in [-0.1, -0.05) is 25.2 Å². The van der Waals surface area contributed by atoms with Crippen molar-refractivity contribution in [2.75, 3.05) is 37.7 Å². The first-order valence-corrected chi connectivity index (χ1v) is 10.4. The molecule has 0 N–H and O–H groups in total. The SMILES string of the molecule is CC(C)c1nnc(N2CCC3(CCCN(C4CCOCC4)C3=O)C2)s1. The molecule has 0 saturated carbocycles. The maximum absolute atomic E-state index is 13.4. The average Bonchev–Trinajstić information content (AvgIpc) is 3.26. The van der Waals surface area contributed by atoms with Gasteiger partial charge in [0.25, 0.3) is 0 Å². The monoisotopic (exact) mass is 364 g/mol. The number of hydrogen-bond acceptors (Lipinski definition) is 6. The number of carbonyl (C=O) groups excluding carboxylic acids is 1. The lowest BCUT2D eigenvalue weighted by atomic mass is 9.77. The van der Waals surface area contributed by atoms with Crippen molar-refractivity contribution >= 4 is 22.4 Å². The molecule has 3 saturated heterocycles. The number of likely N-dealkylation sites (tertiary alicyclic amines) is 1. The van der Waals surface area contributed by atoms with E-state index in [9.17, 15) is 4.79 Å². The van der Waals surface area contributed by atoms with Crippen molar-refractivity contribution in [3.63, 3.8) is 0 Å². The Kier molecular flexibility index (Phi) is 4.71. The van der Waals surface area contributed by atoms with Gasteiger partial charge in [-0.05, 0) is 32.1 Å². The molecule has 1 aromatic rings. The number of anilines is 1. The van der Waals surface area contributed by atoms with Crippen LogP contribution in [0.3, 0.4) is 0 Å². The molecule has 4 heterocycles. The van der Waals surface area contributed by atoms with E-state index in [1.165, 1.54) is 0 Å². The highest BCUT2D eigenvalue weighted by atomic mass is 32.1. The van der Waals surface area contributed by atoms with Crippen molar-refractivity contribution in [3.05, 3.63) is 5.01 Å². The molecule has 3 aliphatic heterocycles. The summed E-state index contributed by atoms with van der Waals surface area (Å²) in [5.41, 5.74) is -0.208. The van der Waals surface area contributed by atoms with Gasteiger partial charge in [0.15, 0.2) is 0 Å². The van der Waals surface area contributed by atoms with Crippen LogP contribution in [0.4, 0.5) is 5.13 Å². The second-order valence-corrected chi connectivity index (χ2v) is 8.96. The summed E-state index contributed by atoms with van der Waals surface area (Å²) in [5, 5.41) is 10.8. The minimum absolute atomic E-state index is 0.208. The highest BCUT2D eigenvalue weighted by Gasteiger charge is 2.50. The molecule has 138 valence electrons. The third kappa shape index (κ3) is 3.16. The fourth-order valence-electron chi connectivity index (χ4n) is 4.45. The summed E-state index contributed by atoms with van der Waals surface area (Å²) >= 11 is 1.68. The molecule has 3 aliphatic rings. The Hall–Kier alpha value is -1.21. The molecule has 1 amide bonds. The molecular weight excluding hydrogens is 336 g/mol. The van der Waals surface area contributed by atoms with Gasteiger partial charge < -0.3 is 14.5 Å². The molecule has 1 spiro atoms. The number of ether oxygens (including phenoxy) is 1. The Morgan fingerprint density at radius 3 is 2.72 bits per heavy atom. The Balaban J connectivity index is 1.48. The van der Waals surface area contributed by atoms with Crippen molar-refractivity contribution < 1.29 is 9.53 Å². The van der Waals surface area contributed by atoms with Crippen molar-refractivity contribution in [2.45, 2.75) is 57.9 Å². The predicted molar refractivity (Wildman–Crippen MR) is 98.0 cm³/mol. The first kappa shape index (κ1) is 17.2. The summed E-state index contributed by atoms with van der Waals surface area (Å²) in [6, 6.07) is 0.376. The molecule has 0 aliphatic carbocycles. The second-order valence-electron chi connectivity index (χ2n) is 7.98. The first-order valence-electron chi connectivity index (χ1n) is 9.56. The zero-order valence-electron chi connectivity index (χ0n) is 15.2. The average molecular weight is 365 g/mol. The summed E-state index contributed by atoms with van der Waals surface area (Å²) in [5.74, 6) is 0.782. The van der Waals surface area contributed by atoms with Crippen LogP contribution in [-0.4, -0.2) is 59.9 Å². The standard InChI is InChI=1S/C18H28N4O2S/c1-13(2)15-19-20-17(25-15)21-9-7-18(12-21)6-3-8-22(16(18)23)14-4-10-24-11-5-14/h13-14H,3-12H2,1-2H3. The predicted octanol–water partition coefficient (Wildman–Crippen LogP) is 2.66. The van der Waals surface area contributed by atoms with E-state index in [1.807, 2.05) is 0 Å². The van der Waals surface area contributed by atoms with Crippen LogP contribution in [0.5, 0.6) is 0 Å². The van der Waals surface area contributed by atoms with Gasteiger partial charge >= 0.3 is 0 Å². The molecule has 7 heteroatoms. The number of rotatable bonds is 3. The number of carbonyl (C=O) groups is 1. The summed E-state index contributed by atoms with van der Waals surface area (Å²) < 4.78 is 5.48. The Labute approximate surface area is 153 Å². The maximum atomic E-state index is 13.4. The summed E-state index contributed by atoms with van der Waals surface area (Å²) in [6.07, 6.45) is 5.05. The number of aromatic nitrogens is 2. The zero-order chi connectivity index (χ0) is 17.4. The minimum atomic E-state index is -0.208.